The molecule has 150 valence electrons. The van der Waals surface area contributed by atoms with Crippen molar-refractivity contribution in [2.45, 2.75) is 44.4 Å². The van der Waals surface area contributed by atoms with Gasteiger partial charge < -0.3 is 20.2 Å². The van der Waals surface area contributed by atoms with Gasteiger partial charge in [-0.05, 0) is 31.9 Å². The van der Waals surface area contributed by atoms with E-state index in [4.69, 9.17) is 9.41 Å². The largest absolute Gasteiger partial charge is 0.423 e. The smallest absolute Gasteiger partial charge is 0.302 e. The van der Waals surface area contributed by atoms with E-state index in [1.165, 1.54) is 11.3 Å². The SMILES string of the molecule is CC1=C(C(O)Nc2nncs2)C2(CCCC2)N=C(Nc2nc3ccccc3o2)N1. The number of para-hydroxylation sites is 2. The van der Waals surface area contributed by atoms with Gasteiger partial charge in [-0.1, -0.05) is 36.3 Å². The first-order chi connectivity index (χ1) is 14.1. The van der Waals surface area contributed by atoms with Gasteiger partial charge in [-0.25, -0.2) is 4.99 Å². The molecule has 3 aromatic rings. The van der Waals surface area contributed by atoms with Crippen molar-refractivity contribution in [1.29, 1.82) is 0 Å². The summed E-state index contributed by atoms with van der Waals surface area (Å²) in [5, 5.41) is 28.7. The Morgan fingerprint density at radius 3 is 2.86 bits per heavy atom. The summed E-state index contributed by atoms with van der Waals surface area (Å²) in [5.74, 6) is 0.572. The predicted octanol–water partition coefficient (Wildman–Crippen LogP) is 3.07. The Balaban J connectivity index is 1.43. The molecule has 1 saturated carbocycles. The summed E-state index contributed by atoms with van der Waals surface area (Å²) in [6.45, 7) is 1.95. The van der Waals surface area contributed by atoms with Gasteiger partial charge >= 0.3 is 6.01 Å². The van der Waals surface area contributed by atoms with Crippen LogP contribution in [0.5, 0.6) is 0 Å². The minimum absolute atomic E-state index is 0.384. The number of nitrogens with zero attached hydrogens (tertiary/aromatic N) is 4. The first-order valence-corrected chi connectivity index (χ1v) is 10.4. The van der Waals surface area contributed by atoms with Crippen LogP contribution in [0.4, 0.5) is 11.1 Å². The average Bonchev–Trinajstić information content (AvgIpc) is 3.42. The number of nitrogens with one attached hydrogen (secondary N) is 3. The van der Waals surface area contributed by atoms with E-state index in [1.54, 1.807) is 5.51 Å². The Labute approximate surface area is 171 Å². The topological polar surface area (TPSA) is 120 Å². The number of guanidine groups is 1. The van der Waals surface area contributed by atoms with Crippen LogP contribution in [0, 0.1) is 0 Å². The van der Waals surface area contributed by atoms with Crippen molar-refractivity contribution in [2.24, 2.45) is 4.99 Å². The molecule has 29 heavy (non-hydrogen) atoms. The summed E-state index contributed by atoms with van der Waals surface area (Å²) < 4.78 is 5.77. The van der Waals surface area contributed by atoms with E-state index in [2.05, 4.69) is 31.1 Å². The molecule has 1 aliphatic heterocycles. The van der Waals surface area contributed by atoms with Crippen molar-refractivity contribution in [3.8, 4) is 0 Å². The van der Waals surface area contributed by atoms with E-state index < -0.39 is 11.8 Å². The van der Waals surface area contributed by atoms with E-state index in [-0.39, 0.29) is 0 Å². The normalized spacial score (nSPS) is 19.3. The van der Waals surface area contributed by atoms with Gasteiger partial charge in [0.15, 0.2) is 11.8 Å². The maximum absolute atomic E-state index is 10.9. The molecule has 10 heteroatoms. The van der Waals surface area contributed by atoms with E-state index in [1.807, 2.05) is 31.2 Å². The minimum Gasteiger partial charge on any atom is -0.423 e. The molecule has 4 N–H and O–H groups in total. The third-order valence-corrected chi connectivity index (χ3v) is 6.00. The lowest BCUT2D eigenvalue weighted by Crippen LogP contribution is -2.47. The summed E-state index contributed by atoms with van der Waals surface area (Å²) in [4.78, 5) is 9.43. The average molecular weight is 411 g/mol. The van der Waals surface area contributed by atoms with Crippen LogP contribution in [0.3, 0.4) is 0 Å². The third-order valence-electron chi connectivity index (χ3n) is 5.38. The number of allylic oxidation sites excluding steroid dienone is 1. The number of anilines is 2. The van der Waals surface area contributed by atoms with Crippen LogP contribution < -0.4 is 16.0 Å². The Morgan fingerprint density at radius 1 is 1.28 bits per heavy atom. The third kappa shape index (κ3) is 3.34. The molecule has 2 aliphatic rings. The zero-order valence-electron chi connectivity index (χ0n) is 15.8. The van der Waals surface area contributed by atoms with Crippen molar-refractivity contribution in [2.75, 3.05) is 10.6 Å². The molecule has 9 nitrogen and oxygen atoms in total. The number of aliphatic imine (C=N–C) groups is 1. The van der Waals surface area contributed by atoms with E-state index in [0.717, 1.165) is 42.5 Å². The number of hydrogen-bond acceptors (Lipinski definition) is 10. The summed E-state index contributed by atoms with van der Waals surface area (Å²) in [6.07, 6.45) is 2.96. The molecule has 3 heterocycles. The summed E-state index contributed by atoms with van der Waals surface area (Å²) in [7, 11) is 0. The van der Waals surface area contributed by atoms with Crippen molar-refractivity contribution in [3.63, 3.8) is 0 Å². The lowest BCUT2D eigenvalue weighted by atomic mass is 9.84. The summed E-state index contributed by atoms with van der Waals surface area (Å²) in [5.41, 5.74) is 4.35. The van der Waals surface area contributed by atoms with Gasteiger partial charge in [0, 0.05) is 11.3 Å². The number of oxazole rings is 1. The highest BCUT2D eigenvalue weighted by molar-refractivity contribution is 7.13. The second kappa shape index (κ2) is 7.12. The first kappa shape index (κ1) is 18.1. The van der Waals surface area contributed by atoms with E-state index in [9.17, 15) is 5.11 Å². The molecule has 0 saturated heterocycles. The number of fused-ring (bicyclic) bond motifs is 1. The van der Waals surface area contributed by atoms with Crippen LogP contribution in [0.15, 0.2) is 50.5 Å². The second-order valence-corrected chi connectivity index (χ2v) is 8.10. The summed E-state index contributed by atoms with van der Waals surface area (Å²) in [6, 6.07) is 7.99. The number of aliphatic hydroxyl groups excluding tert-OH is 1. The molecule has 1 aromatic carbocycles. The molecule has 1 fully saturated rings. The highest BCUT2D eigenvalue weighted by Gasteiger charge is 2.44. The fraction of sp³-hybridized carbons (Fsp3) is 0.368. The summed E-state index contributed by atoms with van der Waals surface area (Å²) >= 11 is 1.35. The lowest BCUT2D eigenvalue weighted by Gasteiger charge is -2.37. The van der Waals surface area contributed by atoms with E-state index >= 15 is 0 Å². The zero-order valence-corrected chi connectivity index (χ0v) is 16.7. The molecular formula is C19H21N7O2S. The van der Waals surface area contributed by atoms with Crippen LogP contribution in [0.2, 0.25) is 0 Å². The Hall–Kier alpha value is -2.98. The van der Waals surface area contributed by atoms with Gasteiger partial charge in [0.2, 0.25) is 11.1 Å². The quantitative estimate of drug-likeness (QED) is 0.484. The van der Waals surface area contributed by atoms with E-state index in [0.29, 0.717) is 22.7 Å². The fourth-order valence-electron chi connectivity index (χ4n) is 4.21. The molecule has 0 bridgehead atoms. The molecule has 5 rings (SSSR count). The zero-order chi connectivity index (χ0) is 19.8. The van der Waals surface area contributed by atoms with Gasteiger partial charge in [-0.3, -0.25) is 5.32 Å². The van der Waals surface area contributed by atoms with Crippen LogP contribution in [0.25, 0.3) is 11.1 Å². The number of aromatic nitrogens is 3. The van der Waals surface area contributed by atoms with Crippen LogP contribution in [-0.2, 0) is 0 Å². The predicted molar refractivity (Wildman–Crippen MR) is 112 cm³/mol. The van der Waals surface area contributed by atoms with Crippen LogP contribution in [-0.4, -0.2) is 38.0 Å². The van der Waals surface area contributed by atoms with Gasteiger partial charge in [0.25, 0.3) is 0 Å². The van der Waals surface area contributed by atoms with Crippen molar-refractivity contribution in [1.82, 2.24) is 20.5 Å². The number of aliphatic hydroxyl groups is 1. The van der Waals surface area contributed by atoms with Gasteiger partial charge in [-0.2, -0.15) is 4.98 Å². The second-order valence-electron chi connectivity index (χ2n) is 7.27. The van der Waals surface area contributed by atoms with Crippen molar-refractivity contribution < 1.29 is 9.52 Å². The molecule has 1 aliphatic carbocycles. The number of rotatable bonds is 4. The Morgan fingerprint density at radius 2 is 2.10 bits per heavy atom. The molecule has 2 aromatic heterocycles. The lowest BCUT2D eigenvalue weighted by molar-refractivity contribution is 0.214. The van der Waals surface area contributed by atoms with Crippen molar-refractivity contribution >= 4 is 39.5 Å². The Bertz CT molecular complexity index is 1050. The van der Waals surface area contributed by atoms with Gasteiger partial charge in [0.1, 0.15) is 11.0 Å². The highest BCUT2D eigenvalue weighted by Crippen LogP contribution is 2.43. The molecule has 1 unspecified atom stereocenters. The number of hydrogen-bond donors (Lipinski definition) is 4. The number of benzene rings is 1. The maximum Gasteiger partial charge on any atom is 0.302 e. The maximum atomic E-state index is 10.9. The molecule has 0 amide bonds. The molecular weight excluding hydrogens is 390 g/mol. The van der Waals surface area contributed by atoms with Gasteiger partial charge in [-0.15, -0.1) is 10.2 Å². The molecule has 1 spiro atoms. The van der Waals surface area contributed by atoms with Crippen LogP contribution >= 0.6 is 11.3 Å². The van der Waals surface area contributed by atoms with Crippen LogP contribution in [0.1, 0.15) is 32.6 Å². The fourth-order valence-corrected chi connectivity index (χ4v) is 4.68. The minimum atomic E-state index is -0.900. The van der Waals surface area contributed by atoms with Crippen molar-refractivity contribution in [3.05, 3.63) is 41.0 Å². The highest BCUT2D eigenvalue weighted by atomic mass is 32.1. The monoisotopic (exact) mass is 411 g/mol. The van der Waals surface area contributed by atoms with Gasteiger partial charge in [0.05, 0.1) is 5.54 Å². The first-order valence-electron chi connectivity index (χ1n) is 9.54. The Kier molecular flexibility index (Phi) is 4.44. The molecule has 0 radical (unpaired) electrons. The standard InChI is InChI=1S/C19H21N7O2S/c1-11-14(15(27)23-18-26-20-10-29-18)19(8-4-5-9-19)25-16(21-11)24-17-22-12-6-2-3-7-13(12)28-17/h2-3,6-7,10,15,27H,4-5,8-9H2,1H3,(H,23,26)(H2,21,22,24,25). The molecule has 1 atom stereocenters.